The van der Waals surface area contributed by atoms with Gasteiger partial charge in [0.05, 0.1) is 0 Å². The van der Waals surface area contributed by atoms with E-state index in [-0.39, 0.29) is 0 Å². The molecule has 1 atom stereocenters. The van der Waals surface area contributed by atoms with E-state index in [2.05, 4.69) is 31.9 Å². The van der Waals surface area contributed by atoms with Crippen LogP contribution in [0.3, 0.4) is 0 Å². The molecule has 2 heteroatoms. The minimum Gasteiger partial charge on any atom is -0.417 e. The predicted octanol–water partition coefficient (Wildman–Crippen LogP) is 3.47. The number of hydrogen-bond acceptors (Lipinski definition) is 1. The van der Waals surface area contributed by atoms with E-state index in [9.17, 15) is 0 Å². The molecule has 0 aliphatic heterocycles. The zero-order chi connectivity index (χ0) is 10.8. The van der Waals surface area contributed by atoms with Crippen molar-refractivity contribution in [3.05, 3.63) is 0 Å². The number of unbranched alkanes of at least 4 members (excludes halogenated alkanes) is 1. The summed E-state index contributed by atoms with van der Waals surface area (Å²) >= 11 is 0. The summed E-state index contributed by atoms with van der Waals surface area (Å²) in [5.41, 5.74) is 0. The molecule has 0 saturated heterocycles. The van der Waals surface area contributed by atoms with E-state index in [0.29, 0.717) is 5.92 Å². The third-order valence-corrected chi connectivity index (χ3v) is 2.89. The molecule has 0 saturated carbocycles. The highest BCUT2D eigenvalue weighted by Gasteiger charge is 2.05. The average Bonchev–Trinajstić information content (AvgIpc) is 2.13. The van der Waals surface area contributed by atoms with E-state index in [1.165, 1.54) is 19.3 Å². The second-order valence-electron chi connectivity index (χ2n) is 3.78. The first-order valence-corrected chi connectivity index (χ1v) is 7.96. The summed E-state index contributed by atoms with van der Waals surface area (Å²) in [6, 6.07) is 0. The van der Waals surface area contributed by atoms with Crippen LogP contribution in [0.2, 0.25) is 13.1 Å². The topological polar surface area (TPSA) is 9.23 Å². The van der Waals surface area contributed by atoms with Crippen LogP contribution in [0.1, 0.15) is 39.5 Å². The first kappa shape index (κ1) is 13.7. The monoisotopic (exact) mass is 211 g/mol. The van der Waals surface area contributed by atoms with Gasteiger partial charge in [0.25, 0.3) is 0 Å². The van der Waals surface area contributed by atoms with Crippen molar-refractivity contribution in [1.82, 2.24) is 0 Å². The molecule has 0 rings (SSSR count). The largest absolute Gasteiger partial charge is 0.417 e. The van der Waals surface area contributed by atoms with Gasteiger partial charge in [-0.15, -0.1) is 11.8 Å². The smallest absolute Gasteiger partial charge is 0.204 e. The quantitative estimate of drug-likeness (QED) is 0.463. The molecule has 1 radical (unpaired) electrons. The maximum Gasteiger partial charge on any atom is 0.204 e. The standard InChI is InChI=1S/C12H23OSi/c1-5-7-9-12(8-6-2)10-11-13-14(3)4/h12H,5,7,9-11H2,1-4H3. The minimum absolute atomic E-state index is 0.513. The highest BCUT2D eigenvalue weighted by atomic mass is 28.3. The lowest BCUT2D eigenvalue weighted by Gasteiger charge is -2.11. The van der Waals surface area contributed by atoms with Crippen LogP contribution in [0, 0.1) is 17.8 Å². The van der Waals surface area contributed by atoms with Gasteiger partial charge in [0.2, 0.25) is 9.04 Å². The van der Waals surface area contributed by atoms with Crippen molar-refractivity contribution in [3.8, 4) is 11.8 Å². The summed E-state index contributed by atoms with van der Waals surface area (Å²) in [4.78, 5) is 0. The van der Waals surface area contributed by atoms with Gasteiger partial charge in [0.1, 0.15) is 0 Å². The normalized spacial score (nSPS) is 12.4. The van der Waals surface area contributed by atoms with Crippen LogP contribution in [0.4, 0.5) is 0 Å². The molecule has 0 aliphatic rings. The molecule has 0 fully saturated rings. The van der Waals surface area contributed by atoms with E-state index in [4.69, 9.17) is 4.43 Å². The molecule has 0 spiro atoms. The summed E-state index contributed by atoms with van der Waals surface area (Å²) in [5, 5.41) is 0. The first-order chi connectivity index (χ1) is 6.70. The van der Waals surface area contributed by atoms with E-state index in [1.807, 2.05) is 6.92 Å². The molecule has 14 heavy (non-hydrogen) atoms. The molecule has 1 nitrogen and oxygen atoms in total. The summed E-state index contributed by atoms with van der Waals surface area (Å²) in [6.45, 7) is 9.40. The molecular weight excluding hydrogens is 188 g/mol. The molecule has 1 unspecified atom stereocenters. The Balaban J connectivity index is 3.65. The molecule has 0 N–H and O–H groups in total. The van der Waals surface area contributed by atoms with E-state index in [1.54, 1.807) is 0 Å². The lowest BCUT2D eigenvalue weighted by molar-refractivity contribution is 0.295. The summed E-state index contributed by atoms with van der Waals surface area (Å²) in [7, 11) is -0.513. The zero-order valence-corrected chi connectivity index (χ0v) is 11.0. The van der Waals surface area contributed by atoms with Crippen molar-refractivity contribution in [3.63, 3.8) is 0 Å². The zero-order valence-electron chi connectivity index (χ0n) is 10.0. The Morgan fingerprint density at radius 1 is 1.29 bits per heavy atom. The van der Waals surface area contributed by atoms with Crippen LogP contribution >= 0.6 is 0 Å². The second kappa shape index (κ2) is 9.30. The summed E-state index contributed by atoms with van der Waals surface area (Å²) in [5.74, 6) is 6.85. The third-order valence-electron chi connectivity index (χ3n) is 2.11. The van der Waals surface area contributed by atoms with Gasteiger partial charge in [0.15, 0.2) is 0 Å². The fourth-order valence-corrected chi connectivity index (χ4v) is 1.87. The summed E-state index contributed by atoms with van der Waals surface area (Å²) < 4.78 is 5.63. The van der Waals surface area contributed by atoms with Crippen LogP contribution in [-0.4, -0.2) is 15.6 Å². The van der Waals surface area contributed by atoms with Gasteiger partial charge >= 0.3 is 0 Å². The van der Waals surface area contributed by atoms with Crippen molar-refractivity contribution in [1.29, 1.82) is 0 Å². The molecule has 0 aliphatic carbocycles. The molecule has 81 valence electrons. The molecule has 0 amide bonds. The van der Waals surface area contributed by atoms with Crippen molar-refractivity contribution in [2.75, 3.05) is 6.61 Å². The highest BCUT2D eigenvalue weighted by molar-refractivity contribution is 6.48. The van der Waals surface area contributed by atoms with Crippen molar-refractivity contribution in [2.24, 2.45) is 5.92 Å². The molecule has 0 aromatic carbocycles. The van der Waals surface area contributed by atoms with Crippen molar-refractivity contribution < 1.29 is 4.43 Å². The van der Waals surface area contributed by atoms with Gasteiger partial charge in [-0.1, -0.05) is 19.8 Å². The maximum absolute atomic E-state index is 5.63. The predicted molar refractivity (Wildman–Crippen MR) is 64.5 cm³/mol. The van der Waals surface area contributed by atoms with Gasteiger partial charge in [-0.05, 0) is 32.9 Å². The van der Waals surface area contributed by atoms with Gasteiger partial charge < -0.3 is 4.43 Å². The first-order valence-electron chi connectivity index (χ1n) is 5.56. The van der Waals surface area contributed by atoms with E-state index >= 15 is 0 Å². The number of hydrogen-bond donors (Lipinski definition) is 0. The fraction of sp³-hybridized carbons (Fsp3) is 0.833. The average molecular weight is 211 g/mol. The maximum atomic E-state index is 5.63. The van der Waals surface area contributed by atoms with Crippen molar-refractivity contribution >= 4 is 9.04 Å². The van der Waals surface area contributed by atoms with Crippen LogP contribution in [0.25, 0.3) is 0 Å². The molecule has 0 heterocycles. The second-order valence-corrected chi connectivity index (χ2v) is 5.88. The fourth-order valence-electron chi connectivity index (χ4n) is 1.35. The van der Waals surface area contributed by atoms with Crippen LogP contribution in [-0.2, 0) is 4.43 Å². The van der Waals surface area contributed by atoms with Crippen LogP contribution in [0.5, 0.6) is 0 Å². The third kappa shape index (κ3) is 8.34. The minimum atomic E-state index is -0.513. The van der Waals surface area contributed by atoms with Gasteiger partial charge in [-0.25, -0.2) is 0 Å². The van der Waals surface area contributed by atoms with E-state index < -0.39 is 9.04 Å². The molecule has 0 bridgehead atoms. The lowest BCUT2D eigenvalue weighted by atomic mass is 10.00. The lowest BCUT2D eigenvalue weighted by Crippen LogP contribution is -2.11. The highest BCUT2D eigenvalue weighted by Crippen LogP contribution is 2.12. The van der Waals surface area contributed by atoms with Crippen molar-refractivity contribution in [2.45, 2.75) is 52.6 Å². The Morgan fingerprint density at radius 2 is 2.00 bits per heavy atom. The Hall–Kier alpha value is -0.263. The Labute approximate surface area is 91.0 Å². The summed E-state index contributed by atoms with van der Waals surface area (Å²) in [6.07, 6.45) is 4.89. The Kier molecular flexibility index (Phi) is 9.12. The van der Waals surface area contributed by atoms with Crippen LogP contribution < -0.4 is 0 Å². The SMILES string of the molecule is CC#CC(CCCC)CCO[Si](C)C. The van der Waals surface area contributed by atoms with Gasteiger partial charge in [0, 0.05) is 12.5 Å². The van der Waals surface area contributed by atoms with E-state index in [0.717, 1.165) is 13.0 Å². The molecular formula is C12H23OSi. The van der Waals surface area contributed by atoms with Gasteiger partial charge in [-0.2, -0.15) is 0 Å². The Morgan fingerprint density at radius 3 is 2.50 bits per heavy atom. The Bertz CT molecular complexity index is 178. The van der Waals surface area contributed by atoms with Gasteiger partial charge in [-0.3, -0.25) is 0 Å². The molecule has 0 aromatic heterocycles. The van der Waals surface area contributed by atoms with Crippen LogP contribution in [0.15, 0.2) is 0 Å². The number of rotatable bonds is 7. The molecule has 0 aromatic rings.